The van der Waals surface area contributed by atoms with E-state index in [-0.39, 0.29) is 11.3 Å². The molecule has 17 heavy (non-hydrogen) atoms. The van der Waals surface area contributed by atoms with Gasteiger partial charge in [-0.25, -0.2) is 0 Å². The molecule has 0 saturated carbocycles. The molecule has 94 valence electrons. The summed E-state index contributed by atoms with van der Waals surface area (Å²) in [5, 5.41) is 0.237. The molecular formula is C12H18N2OS2. The van der Waals surface area contributed by atoms with Crippen LogP contribution in [-0.4, -0.2) is 48.6 Å². The topological polar surface area (TPSA) is 23.6 Å². The number of amides is 1. The second kappa shape index (κ2) is 5.42. The summed E-state index contributed by atoms with van der Waals surface area (Å²) in [5.74, 6) is 0.891. The molecule has 0 spiro atoms. The predicted molar refractivity (Wildman–Crippen MR) is 74.5 cm³/mol. The number of hydrogen-bond donors (Lipinski definition) is 0. The van der Waals surface area contributed by atoms with Gasteiger partial charge < -0.3 is 9.80 Å². The van der Waals surface area contributed by atoms with E-state index >= 15 is 0 Å². The van der Waals surface area contributed by atoms with Gasteiger partial charge in [0.05, 0.1) is 5.75 Å². The lowest BCUT2D eigenvalue weighted by molar-refractivity contribution is -0.128. The molecule has 0 bridgehead atoms. The van der Waals surface area contributed by atoms with Crippen LogP contribution in [0.4, 0.5) is 0 Å². The maximum atomic E-state index is 11.9. The van der Waals surface area contributed by atoms with Crippen LogP contribution in [0, 0.1) is 6.92 Å². The first kappa shape index (κ1) is 12.9. The second-order valence-corrected chi connectivity index (χ2v) is 6.89. The highest BCUT2D eigenvalue weighted by molar-refractivity contribution is 8.00. The molecule has 2 heterocycles. The highest BCUT2D eigenvalue weighted by atomic mass is 32.2. The number of rotatable bonds is 4. The van der Waals surface area contributed by atoms with Crippen LogP contribution in [-0.2, 0) is 4.79 Å². The fourth-order valence-electron chi connectivity index (χ4n) is 1.83. The number of carbonyl (C=O) groups excluding carboxylic acids is 1. The first-order valence-corrected chi connectivity index (χ1v) is 7.56. The number of aryl methyl sites for hydroxylation is 1. The maximum absolute atomic E-state index is 11.9. The van der Waals surface area contributed by atoms with Crippen molar-refractivity contribution < 1.29 is 4.79 Å². The van der Waals surface area contributed by atoms with E-state index < -0.39 is 0 Å². The molecule has 1 fully saturated rings. The van der Waals surface area contributed by atoms with Gasteiger partial charge in [0, 0.05) is 22.8 Å². The smallest absolute Gasteiger partial charge is 0.233 e. The van der Waals surface area contributed by atoms with Crippen LogP contribution in [0.1, 0.15) is 15.1 Å². The van der Waals surface area contributed by atoms with Gasteiger partial charge in [-0.3, -0.25) is 4.79 Å². The van der Waals surface area contributed by atoms with Gasteiger partial charge in [0.25, 0.3) is 0 Å². The number of carbonyl (C=O) groups is 1. The molecule has 0 N–H and O–H groups in total. The molecule has 1 atom stereocenters. The Kier molecular flexibility index (Phi) is 4.12. The predicted octanol–water partition coefficient (Wildman–Crippen LogP) is 2.19. The molecule has 2 rings (SSSR count). The summed E-state index contributed by atoms with van der Waals surface area (Å²) in [6, 6.07) is 4.28. The van der Waals surface area contributed by atoms with Crippen molar-refractivity contribution in [1.82, 2.24) is 9.80 Å². The Labute approximate surface area is 111 Å². The quantitative estimate of drug-likeness (QED) is 0.838. The Morgan fingerprint density at radius 3 is 2.82 bits per heavy atom. The third kappa shape index (κ3) is 3.03. The van der Waals surface area contributed by atoms with Crippen molar-refractivity contribution in [2.45, 2.75) is 12.3 Å². The fraction of sp³-hybridized carbons (Fsp3) is 0.583. The number of nitrogens with zero attached hydrogens (tertiary/aromatic N) is 2. The van der Waals surface area contributed by atoms with Gasteiger partial charge >= 0.3 is 0 Å². The van der Waals surface area contributed by atoms with Crippen molar-refractivity contribution in [2.24, 2.45) is 0 Å². The highest BCUT2D eigenvalue weighted by Gasteiger charge is 2.33. The van der Waals surface area contributed by atoms with Crippen molar-refractivity contribution >= 4 is 29.0 Å². The Bertz CT molecular complexity index is 403. The first-order valence-electron chi connectivity index (χ1n) is 5.70. The lowest BCUT2D eigenvalue weighted by atomic mass is 10.3. The van der Waals surface area contributed by atoms with E-state index in [2.05, 4.69) is 24.0 Å². The Balaban J connectivity index is 2.08. The zero-order valence-electron chi connectivity index (χ0n) is 10.5. The van der Waals surface area contributed by atoms with E-state index in [9.17, 15) is 4.79 Å². The summed E-state index contributed by atoms with van der Waals surface area (Å²) in [7, 11) is 4.08. The van der Waals surface area contributed by atoms with Gasteiger partial charge in [0.2, 0.25) is 5.91 Å². The van der Waals surface area contributed by atoms with Gasteiger partial charge in [-0.2, -0.15) is 0 Å². The average molecular weight is 270 g/mol. The molecular weight excluding hydrogens is 252 g/mol. The average Bonchev–Trinajstić information content (AvgIpc) is 2.82. The van der Waals surface area contributed by atoms with Crippen LogP contribution in [0.5, 0.6) is 0 Å². The Morgan fingerprint density at radius 2 is 2.24 bits per heavy atom. The van der Waals surface area contributed by atoms with Gasteiger partial charge in [0.15, 0.2) is 0 Å². The van der Waals surface area contributed by atoms with Crippen molar-refractivity contribution in [3.63, 3.8) is 0 Å². The first-order chi connectivity index (χ1) is 8.08. The third-order valence-corrected chi connectivity index (χ3v) is 5.20. The number of thioether (sulfide) groups is 1. The zero-order valence-corrected chi connectivity index (χ0v) is 12.1. The summed E-state index contributed by atoms with van der Waals surface area (Å²) in [6.45, 7) is 3.85. The molecule has 0 aromatic carbocycles. The molecule has 1 aromatic rings. The molecule has 1 aliphatic heterocycles. The number of likely N-dealkylation sites (N-methyl/N-ethyl adjacent to an activating group) is 1. The van der Waals surface area contributed by atoms with Crippen LogP contribution in [0.2, 0.25) is 0 Å². The second-order valence-electron chi connectivity index (χ2n) is 4.50. The van der Waals surface area contributed by atoms with Crippen LogP contribution in [0.25, 0.3) is 0 Å². The molecule has 1 amide bonds. The van der Waals surface area contributed by atoms with E-state index in [1.165, 1.54) is 9.75 Å². The van der Waals surface area contributed by atoms with Crippen molar-refractivity contribution in [3.05, 3.63) is 21.9 Å². The number of hydrogen-bond acceptors (Lipinski definition) is 4. The standard InChI is InChI=1S/C12H18N2OS2/c1-9-4-5-10(17-9)12-14(7-6-13(2)3)11(15)8-16-12/h4-5,12H,6-8H2,1-3H3. The summed E-state index contributed by atoms with van der Waals surface area (Å²) in [4.78, 5) is 18.6. The minimum Gasteiger partial charge on any atom is -0.324 e. The SMILES string of the molecule is Cc1ccc(C2SCC(=O)N2CCN(C)C)s1. The van der Waals surface area contributed by atoms with Crippen LogP contribution in [0.15, 0.2) is 12.1 Å². The van der Waals surface area contributed by atoms with E-state index in [0.29, 0.717) is 5.75 Å². The van der Waals surface area contributed by atoms with Crippen LogP contribution in [0.3, 0.4) is 0 Å². The molecule has 0 aliphatic carbocycles. The summed E-state index contributed by atoms with van der Waals surface area (Å²) in [5.41, 5.74) is 0. The molecule has 5 heteroatoms. The molecule has 3 nitrogen and oxygen atoms in total. The van der Waals surface area contributed by atoms with Gasteiger partial charge in [-0.05, 0) is 33.2 Å². The lowest BCUT2D eigenvalue weighted by Gasteiger charge is -2.24. The summed E-state index contributed by atoms with van der Waals surface area (Å²) in [6.07, 6.45) is 0. The maximum Gasteiger partial charge on any atom is 0.233 e. The third-order valence-electron chi connectivity index (χ3n) is 2.76. The van der Waals surface area contributed by atoms with E-state index in [1.54, 1.807) is 23.1 Å². The lowest BCUT2D eigenvalue weighted by Crippen LogP contribution is -2.34. The van der Waals surface area contributed by atoms with E-state index in [1.807, 2.05) is 19.0 Å². The van der Waals surface area contributed by atoms with Crippen molar-refractivity contribution in [1.29, 1.82) is 0 Å². The Hall–Kier alpha value is -0.520. The molecule has 0 radical (unpaired) electrons. The molecule has 1 saturated heterocycles. The largest absolute Gasteiger partial charge is 0.324 e. The van der Waals surface area contributed by atoms with Gasteiger partial charge in [0.1, 0.15) is 5.37 Å². The van der Waals surface area contributed by atoms with Crippen LogP contribution >= 0.6 is 23.1 Å². The van der Waals surface area contributed by atoms with E-state index in [4.69, 9.17) is 0 Å². The van der Waals surface area contributed by atoms with E-state index in [0.717, 1.165) is 13.1 Å². The molecule has 1 unspecified atom stereocenters. The normalized spacial score (nSPS) is 20.6. The summed E-state index contributed by atoms with van der Waals surface area (Å²) < 4.78 is 0. The van der Waals surface area contributed by atoms with Crippen LogP contribution < -0.4 is 0 Å². The highest BCUT2D eigenvalue weighted by Crippen LogP contribution is 2.41. The van der Waals surface area contributed by atoms with Gasteiger partial charge in [-0.1, -0.05) is 0 Å². The minimum absolute atomic E-state index is 0.237. The monoisotopic (exact) mass is 270 g/mol. The zero-order chi connectivity index (χ0) is 12.4. The van der Waals surface area contributed by atoms with Crippen molar-refractivity contribution in [2.75, 3.05) is 32.9 Å². The van der Waals surface area contributed by atoms with Gasteiger partial charge in [-0.15, -0.1) is 23.1 Å². The summed E-state index contributed by atoms with van der Waals surface area (Å²) >= 11 is 3.54. The van der Waals surface area contributed by atoms with Crippen molar-refractivity contribution in [3.8, 4) is 0 Å². The minimum atomic E-state index is 0.237. The number of thiophene rings is 1. The fourth-order valence-corrected chi connectivity index (χ4v) is 4.16. The molecule has 1 aromatic heterocycles. The Morgan fingerprint density at radius 1 is 1.47 bits per heavy atom. The molecule has 1 aliphatic rings.